The van der Waals surface area contributed by atoms with E-state index in [1.54, 1.807) is 12.1 Å². The zero-order valence-corrected chi connectivity index (χ0v) is 13.1. The van der Waals surface area contributed by atoms with Gasteiger partial charge in [-0.3, -0.25) is 9.89 Å². The molecule has 1 N–H and O–H groups in total. The number of aromatic amines is 1. The van der Waals surface area contributed by atoms with E-state index in [2.05, 4.69) is 15.3 Å². The Labute approximate surface area is 132 Å². The smallest absolute Gasteiger partial charge is 0.293 e. The Kier molecular flexibility index (Phi) is 5.42. The van der Waals surface area contributed by atoms with Gasteiger partial charge in [-0.05, 0) is 49.8 Å². The van der Waals surface area contributed by atoms with Gasteiger partial charge < -0.3 is 9.47 Å². The van der Waals surface area contributed by atoms with Crippen molar-refractivity contribution in [3.05, 3.63) is 45.1 Å². The Balaban J connectivity index is 2.33. The van der Waals surface area contributed by atoms with Crippen LogP contribution in [0.2, 0.25) is 0 Å². The van der Waals surface area contributed by atoms with Gasteiger partial charge in [-0.2, -0.15) is 14.9 Å². The van der Waals surface area contributed by atoms with Gasteiger partial charge in [-0.25, -0.2) is 0 Å². The highest BCUT2D eigenvalue weighted by atomic mass is 32.1. The van der Waals surface area contributed by atoms with Gasteiger partial charge in [0.2, 0.25) is 4.77 Å². The van der Waals surface area contributed by atoms with Gasteiger partial charge in [-0.15, -0.1) is 0 Å². The molecule has 1 heterocycles. The van der Waals surface area contributed by atoms with Crippen LogP contribution in [0.5, 0.6) is 11.5 Å². The molecule has 0 unspecified atom stereocenters. The number of ether oxygens (including phenoxy) is 2. The monoisotopic (exact) mass is 320 g/mol. The highest BCUT2D eigenvalue weighted by Gasteiger charge is 2.05. The van der Waals surface area contributed by atoms with Crippen molar-refractivity contribution in [3.8, 4) is 11.5 Å². The number of hydrogen-bond donors (Lipinski definition) is 1. The van der Waals surface area contributed by atoms with Crippen molar-refractivity contribution in [3.63, 3.8) is 0 Å². The van der Waals surface area contributed by atoms with E-state index < -0.39 is 5.56 Å². The Morgan fingerprint density at radius 3 is 2.73 bits per heavy atom. The van der Waals surface area contributed by atoms with Crippen molar-refractivity contribution in [2.24, 2.45) is 5.10 Å². The molecule has 116 valence electrons. The van der Waals surface area contributed by atoms with Gasteiger partial charge in [0.1, 0.15) is 6.20 Å². The van der Waals surface area contributed by atoms with Crippen LogP contribution in [-0.2, 0) is 0 Å². The number of H-pyrrole nitrogens is 1. The summed E-state index contributed by atoms with van der Waals surface area (Å²) in [5.41, 5.74) is 0.348. The van der Waals surface area contributed by atoms with Crippen molar-refractivity contribution >= 4 is 18.4 Å². The molecule has 1 aromatic carbocycles. The molecule has 0 aliphatic carbocycles. The van der Waals surface area contributed by atoms with Crippen molar-refractivity contribution in [1.82, 2.24) is 14.9 Å². The van der Waals surface area contributed by atoms with Gasteiger partial charge >= 0.3 is 0 Å². The fraction of sp³-hybridized carbons (Fsp3) is 0.286. The van der Waals surface area contributed by atoms with Crippen LogP contribution in [0.15, 0.2) is 34.3 Å². The minimum Gasteiger partial charge on any atom is -0.490 e. The van der Waals surface area contributed by atoms with Crippen molar-refractivity contribution in [2.75, 3.05) is 13.2 Å². The topological polar surface area (TPSA) is 81.5 Å². The first-order valence-corrected chi connectivity index (χ1v) is 7.17. The predicted molar refractivity (Wildman–Crippen MR) is 85.5 cm³/mol. The molecule has 0 spiro atoms. The largest absolute Gasteiger partial charge is 0.490 e. The zero-order chi connectivity index (χ0) is 15.9. The quantitative estimate of drug-likeness (QED) is 0.650. The van der Waals surface area contributed by atoms with Crippen LogP contribution >= 0.6 is 12.2 Å². The van der Waals surface area contributed by atoms with Gasteiger partial charge in [0, 0.05) is 0 Å². The highest BCUT2D eigenvalue weighted by molar-refractivity contribution is 7.71. The molecule has 0 saturated carbocycles. The standard InChI is InChI=1S/C14H16N4O3S/c1-3-20-11-6-5-10(7-12(11)21-4-2)8-16-18-13(19)9-15-17-14(18)22/h5-9H,3-4H2,1-2H3,(H,17,22)/b16-8+. The van der Waals surface area contributed by atoms with E-state index in [1.165, 1.54) is 6.21 Å². The molecule has 22 heavy (non-hydrogen) atoms. The number of nitrogens with zero attached hydrogens (tertiary/aromatic N) is 3. The van der Waals surface area contributed by atoms with Crippen molar-refractivity contribution < 1.29 is 9.47 Å². The summed E-state index contributed by atoms with van der Waals surface area (Å²) < 4.78 is 12.2. The maximum absolute atomic E-state index is 11.6. The molecule has 0 fully saturated rings. The molecule has 0 radical (unpaired) electrons. The number of hydrogen-bond acceptors (Lipinski definition) is 6. The predicted octanol–water partition coefficient (Wildman–Crippen LogP) is 1.98. The van der Waals surface area contributed by atoms with Crippen LogP contribution < -0.4 is 15.0 Å². The third-order valence-corrected chi connectivity index (χ3v) is 2.89. The molecule has 8 heteroatoms. The third kappa shape index (κ3) is 3.79. The van der Waals surface area contributed by atoms with Crippen LogP contribution in [0.25, 0.3) is 0 Å². The lowest BCUT2D eigenvalue weighted by molar-refractivity contribution is 0.288. The number of aromatic nitrogens is 3. The van der Waals surface area contributed by atoms with Crippen LogP contribution in [0.3, 0.4) is 0 Å². The molecule has 0 bridgehead atoms. The Morgan fingerprint density at radius 2 is 2.05 bits per heavy atom. The molecule has 0 atom stereocenters. The summed E-state index contributed by atoms with van der Waals surface area (Å²) >= 11 is 4.96. The first-order chi connectivity index (χ1) is 10.7. The van der Waals surface area contributed by atoms with Crippen LogP contribution in [0, 0.1) is 4.77 Å². The lowest BCUT2D eigenvalue weighted by atomic mass is 10.2. The molecular weight excluding hydrogens is 304 g/mol. The number of rotatable bonds is 6. The van der Waals surface area contributed by atoms with Gasteiger partial charge in [0.05, 0.1) is 19.4 Å². The lowest BCUT2D eigenvalue weighted by Crippen LogP contribution is -2.18. The molecule has 0 aliphatic rings. The van der Waals surface area contributed by atoms with E-state index in [9.17, 15) is 4.79 Å². The van der Waals surface area contributed by atoms with Crippen LogP contribution in [0.4, 0.5) is 0 Å². The van der Waals surface area contributed by atoms with E-state index in [0.29, 0.717) is 24.7 Å². The number of benzene rings is 1. The number of nitrogens with one attached hydrogen (secondary N) is 1. The highest BCUT2D eigenvalue weighted by Crippen LogP contribution is 2.27. The molecule has 1 aromatic heterocycles. The maximum Gasteiger partial charge on any atom is 0.293 e. The Morgan fingerprint density at radius 1 is 1.32 bits per heavy atom. The summed E-state index contributed by atoms with van der Waals surface area (Å²) in [5, 5.41) is 10.2. The van der Waals surface area contributed by atoms with Gasteiger partial charge in [0.15, 0.2) is 11.5 Å². The summed E-state index contributed by atoms with van der Waals surface area (Å²) in [7, 11) is 0. The normalized spacial score (nSPS) is 10.8. The molecule has 2 aromatic rings. The van der Waals surface area contributed by atoms with Crippen molar-refractivity contribution in [2.45, 2.75) is 13.8 Å². The van der Waals surface area contributed by atoms with E-state index in [-0.39, 0.29) is 4.77 Å². The van der Waals surface area contributed by atoms with Crippen LogP contribution in [-0.4, -0.2) is 34.3 Å². The van der Waals surface area contributed by atoms with E-state index in [0.717, 1.165) is 16.4 Å². The zero-order valence-electron chi connectivity index (χ0n) is 12.3. The average Bonchev–Trinajstić information content (AvgIpc) is 2.49. The fourth-order valence-corrected chi connectivity index (χ4v) is 1.92. The minimum absolute atomic E-state index is 0.125. The lowest BCUT2D eigenvalue weighted by Gasteiger charge is -2.11. The minimum atomic E-state index is -0.407. The second-order valence-electron chi connectivity index (χ2n) is 4.14. The molecular formula is C14H16N4O3S. The molecule has 7 nitrogen and oxygen atoms in total. The summed E-state index contributed by atoms with van der Waals surface area (Å²) in [6.07, 6.45) is 2.63. The van der Waals surface area contributed by atoms with E-state index in [1.807, 2.05) is 19.9 Å². The average molecular weight is 320 g/mol. The maximum atomic E-state index is 11.6. The first kappa shape index (κ1) is 15.9. The Hall–Kier alpha value is -2.48. The fourth-order valence-electron chi connectivity index (χ4n) is 1.73. The van der Waals surface area contributed by atoms with Gasteiger partial charge in [0.25, 0.3) is 5.56 Å². The summed E-state index contributed by atoms with van der Waals surface area (Å²) in [4.78, 5) is 11.6. The molecule has 0 saturated heterocycles. The SMILES string of the molecule is CCOc1ccc(/C=N/n2c(=O)cn[nH]c2=S)cc1OCC. The summed E-state index contributed by atoms with van der Waals surface area (Å²) in [5.74, 6) is 1.29. The summed E-state index contributed by atoms with van der Waals surface area (Å²) in [6.45, 7) is 4.87. The van der Waals surface area contributed by atoms with Crippen LogP contribution in [0.1, 0.15) is 19.4 Å². The van der Waals surface area contributed by atoms with Gasteiger partial charge in [-0.1, -0.05) is 0 Å². The van der Waals surface area contributed by atoms with Crippen molar-refractivity contribution in [1.29, 1.82) is 0 Å². The van der Waals surface area contributed by atoms with E-state index in [4.69, 9.17) is 21.7 Å². The Bertz CT molecular complexity index is 754. The first-order valence-electron chi connectivity index (χ1n) is 6.76. The second kappa shape index (κ2) is 7.51. The summed E-state index contributed by atoms with van der Waals surface area (Å²) in [6, 6.07) is 5.40. The van der Waals surface area contributed by atoms with E-state index >= 15 is 0 Å². The molecule has 2 rings (SSSR count). The molecule has 0 amide bonds. The second-order valence-corrected chi connectivity index (χ2v) is 4.53. The molecule has 0 aliphatic heterocycles. The third-order valence-electron chi connectivity index (χ3n) is 2.63.